The third kappa shape index (κ3) is 3.12. The van der Waals surface area contributed by atoms with Gasteiger partial charge in [-0.25, -0.2) is 0 Å². The molecule has 1 aromatic rings. The highest BCUT2D eigenvalue weighted by atomic mass is 16.5. The lowest BCUT2D eigenvalue weighted by atomic mass is 10.1. The van der Waals surface area contributed by atoms with Gasteiger partial charge in [-0.15, -0.1) is 0 Å². The normalized spacial score (nSPS) is 21.4. The number of carbonyl (C=O) groups excluding carboxylic acids is 3. The van der Waals surface area contributed by atoms with Crippen LogP contribution in [0.25, 0.3) is 0 Å². The monoisotopic (exact) mass is 316 g/mol. The minimum Gasteiger partial charge on any atom is -0.376 e. The van der Waals surface area contributed by atoms with Crippen LogP contribution >= 0.6 is 0 Å². The Labute approximate surface area is 134 Å². The Morgan fingerprint density at radius 1 is 1.30 bits per heavy atom. The second kappa shape index (κ2) is 6.50. The van der Waals surface area contributed by atoms with Crippen molar-refractivity contribution >= 4 is 17.7 Å². The van der Waals surface area contributed by atoms with Crippen LogP contribution in [0.5, 0.6) is 0 Å². The van der Waals surface area contributed by atoms with Gasteiger partial charge in [-0.1, -0.05) is 12.1 Å². The highest BCUT2D eigenvalue weighted by Gasteiger charge is 2.35. The number of fused-ring (bicyclic) bond motifs is 1. The number of rotatable bonds is 5. The van der Waals surface area contributed by atoms with E-state index < -0.39 is 0 Å². The fraction of sp³-hybridized carbons (Fsp3) is 0.471. The molecule has 3 rings (SSSR count). The summed E-state index contributed by atoms with van der Waals surface area (Å²) < 4.78 is 5.54. The van der Waals surface area contributed by atoms with Crippen LogP contribution in [0.4, 0.5) is 0 Å². The van der Waals surface area contributed by atoms with Crippen LogP contribution in [0.3, 0.4) is 0 Å². The molecule has 6 nitrogen and oxygen atoms in total. The van der Waals surface area contributed by atoms with E-state index in [0.717, 1.165) is 24.3 Å². The topological polar surface area (TPSA) is 75.7 Å². The summed E-state index contributed by atoms with van der Waals surface area (Å²) in [4.78, 5) is 37.6. The van der Waals surface area contributed by atoms with E-state index in [4.69, 9.17) is 4.74 Å². The Bertz CT molecular complexity index is 602. The van der Waals surface area contributed by atoms with Crippen LogP contribution in [0.2, 0.25) is 0 Å². The van der Waals surface area contributed by atoms with Gasteiger partial charge in [0.1, 0.15) is 0 Å². The number of imide groups is 1. The first-order valence-electron chi connectivity index (χ1n) is 7.94. The molecule has 2 heterocycles. The van der Waals surface area contributed by atoms with Gasteiger partial charge in [-0.3, -0.25) is 19.3 Å². The molecule has 0 radical (unpaired) electrons. The maximum Gasteiger partial charge on any atom is 0.261 e. The van der Waals surface area contributed by atoms with Gasteiger partial charge in [0.25, 0.3) is 11.8 Å². The van der Waals surface area contributed by atoms with Crippen LogP contribution in [0.15, 0.2) is 24.3 Å². The highest BCUT2D eigenvalue weighted by molar-refractivity contribution is 6.21. The minimum absolute atomic E-state index is 0.0539. The third-order valence-electron chi connectivity index (χ3n) is 4.35. The standard InChI is InChI=1S/C17H20N2O4/c1-11(14-7-4-10-23-14)18-15(20)8-9-19-16(21)12-5-2-3-6-13(12)17(19)22/h2-3,5-6,11,14H,4,7-10H2,1H3,(H,18,20). The predicted octanol–water partition coefficient (Wildman–Crippen LogP) is 1.36. The van der Waals surface area contributed by atoms with Gasteiger partial charge in [-0.2, -0.15) is 0 Å². The molecule has 0 spiro atoms. The zero-order valence-electron chi connectivity index (χ0n) is 13.1. The molecular weight excluding hydrogens is 296 g/mol. The van der Waals surface area contributed by atoms with Gasteiger partial charge < -0.3 is 10.1 Å². The van der Waals surface area contributed by atoms with Crippen molar-refractivity contribution in [3.63, 3.8) is 0 Å². The molecule has 1 aromatic carbocycles. The Morgan fingerprint density at radius 3 is 2.52 bits per heavy atom. The van der Waals surface area contributed by atoms with Gasteiger partial charge >= 0.3 is 0 Å². The second-order valence-electron chi connectivity index (χ2n) is 5.97. The first-order chi connectivity index (χ1) is 11.1. The first-order valence-corrected chi connectivity index (χ1v) is 7.94. The third-order valence-corrected chi connectivity index (χ3v) is 4.35. The van der Waals surface area contributed by atoms with Crippen LogP contribution in [0, 0.1) is 0 Å². The van der Waals surface area contributed by atoms with E-state index in [9.17, 15) is 14.4 Å². The Kier molecular flexibility index (Phi) is 4.43. The second-order valence-corrected chi connectivity index (χ2v) is 5.97. The number of nitrogens with zero attached hydrogens (tertiary/aromatic N) is 1. The summed E-state index contributed by atoms with van der Waals surface area (Å²) in [5, 5.41) is 2.88. The van der Waals surface area contributed by atoms with Crippen molar-refractivity contribution in [3.05, 3.63) is 35.4 Å². The average Bonchev–Trinajstić information content (AvgIpc) is 3.15. The molecule has 2 atom stereocenters. The lowest BCUT2D eigenvalue weighted by Crippen LogP contribution is -2.42. The van der Waals surface area contributed by atoms with E-state index in [2.05, 4.69) is 5.32 Å². The largest absolute Gasteiger partial charge is 0.376 e. The lowest BCUT2D eigenvalue weighted by molar-refractivity contribution is -0.122. The average molecular weight is 316 g/mol. The van der Waals surface area contributed by atoms with Crippen molar-refractivity contribution in [2.75, 3.05) is 13.2 Å². The van der Waals surface area contributed by atoms with Gasteiger partial charge in [0.15, 0.2) is 0 Å². The van der Waals surface area contributed by atoms with Crippen molar-refractivity contribution in [1.82, 2.24) is 10.2 Å². The Hall–Kier alpha value is -2.21. The van der Waals surface area contributed by atoms with Gasteiger partial charge in [0, 0.05) is 19.6 Å². The minimum atomic E-state index is -0.328. The first kappa shape index (κ1) is 15.7. The molecule has 0 aromatic heterocycles. The van der Waals surface area contributed by atoms with E-state index in [-0.39, 0.29) is 42.8 Å². The van der Waals surface area contributed by atoms with Gasteiger partial charge in [-0.05, 0) is 31.9 Å². The number of carbonyl (C=O) groups is 3. The van der Waals surface area contributed by atoms with Crippen molar-refractivity contribution in [2.24, 2.45) is 0 Å². The quantitative estimate of drug-likeness (QED) is 0.832. The number of amides is 3. The zero-order valence-corrected chi connectivity index (χ0v) is 13.1. The summed E-state index contributed by atoms with van der Waals surface area (Å²) in [6, 6.07) is 6.66. The predicted molar refractivity (Wildman–Crippen MR) is 83.0 cm³/mol. The molecule has 1 N–H and O–H groups in total. The van der Waals surface area contributed by atoms with E-state index in [0.29, 0.717) is 11.1 Å². The molecule has 0 saturated carbocycles. The van der Waals surface area contributed by atoms with Crippen LogP contribution in [0.1, 0.15) is 46.9 Å². The molecule has 0 bridgehead atoms. The van der Waals surface area contributed by atoms with Crippen molar-refractivity contribution < 1.29 is 19.1 Å². The van der Waals surface area contributed by atoms with Gasteiger partial charge in [0.05, 0.1) is 23.3 Å². The maximum absolute atomic E-state index is 12.2. The van der Waals surface area contributed by atoms with E-state index >= 15 is 0 Å². The number of nitrogens with one attached hydrogen (secondary N) is 1. The summed E-state index contributed by atoms with van der Waals surface area (Å²) in [5.74, 6) is -0.833. The molecule has 1 fully saturated rings. The molecule has 2 aliphatic heterocycles. The molecule has 0 aliphatic carbocycles. The maximum atomic E-state index is 12.2. The fourth-order valence-corrected chi connectivity index (χ4v) is 3.07. The fourth-order valence-electron chi connectivity index (χ4n) is 3.07. The van der Waals surface area contributed by atoms with E-state index in [1.165, 1.54) is 0 Å². The number of hydrogen-bond donors (Lipinski definition) is 1. The smallest absolute Gasteiger partial charge is 0.261 e. The van der Waals surface area contributed by atoms with Crippen molar-refractivity contribution in [1.29, 1.82) is 0 Å². The molecule has 6 heteroatoms. The molecule has 23 heavy (non-hydrogen) atoms. The summed E-state index contributed by atoms with van der Waals surface area (Å²) in [7, 11) is 0. The summed E-state index contributed by atoms with van der Waals surface area (Å²) in [6.45, 7) is 2.74. The SMILES string of the molecule is CC(NC(=O)CCN1C(=O)c2ccccc2C1=O)C1CCCO1. The lowest BCUT2D eigenvalue weighted by Gasteiger charge is -2.20. The Balaban J connectivity index is 1.53. The zero-order chi connectivity index (χ0) is 16.4. The van der Waals surface area contributed by atoms with Crippen molar-refractivity contribution in [2.45, 2.75) is 38.3 Å². The molecule has 2 aliphatic rings. The summed E-state index contributed by atoms with van der Waals surface area (Å²) in [5.41, 5.74) is 0.816. The van der Waals surface area contributed by atoms with Crippen molar-refractivity contribution in [3.8, 4) is 0 Å². The number of hydrogen-bond acceptors (Lipinski definition) is 4. The number of benzene rings is 1. The molecule has 2 unspecified atom stereocenters. The number of ether oxygens (including phenoxy) is 1. The molecular formula is C17H20N2O4. The Morgan fingerprint density at radius 2 is 1.96 bits per heavy atom. The highest BCUT2D eigenvalue weighted by Crippen LogP contribution is 2.22. The molecule has 1 saturated heterocycles. The van der Waals surface area contributed by atoms with E-state index in [1.54, 1.807) is 24.3 Å². The van der Waals surface area contributed by atoms with Gasteiger partial charge in [0.2, 0.25) is 5.91 Å². The van der Waals surface area contributed by atoms with E-state index in [1.807, 2.05) is 6.92 Å². The van der Waals surface area contributed by atoms with Crippen LogP contribution in [-0.2, 0) is 9.53 Å². The van der Waals surface area contributed by atoms with Crippen LogP contribution in [-0.4, -0.2) is 47.9 Å². The summed E-state index contributed by atoms with van der Waals surface area (Å²) >= 11 is 0. The molecule has 122 valence electrons. The summed E-state index contributed by atoms with van der Waals surface area (Å²) in [6.07, 6.45) is 2.11. The molecule has 3 amide bonds. The van der Waals surface area contributed by atoms with Crippen LogP contribution < -0.4 is 5.32 Å².